The second-order valence-corrected chi connectivity index (χ2v) is 4.80. The molecule has 1 amide bonds. The van der Waals surface area contributed by atoms with Crippen LogP contribution in [0.15, 0.2) is 0 Å². The highest BCUT2D eigenvalue weighted by atomic mass is 16.6. The molecule has 0 atom stereocenters. The van der Waals surface area contributed by atoms with Gasteiger partial charge in [0.2, 0.25) is 0 Å². The molecule has 0 aromatic rings. The van der Waals surface area contributed by atoms with E-state index in [4.69, 9.17) is 4.74 Å². The Morgan fingerprint density at radius 1 is 1.31 bits per heavy atom. The van der Waals surface area contributed by atoms with Crippen molar-refractivity contribution in [3.8, 4) is 0 Å². The molecule has 2 heterocycles. The van der Waals surface area contributed by atoms with Gasteiger partial charge in [-0.25, -0.2) is 0 Å². The molecule has 2 saturated heterocycles. The van der Waals surface area contributed by atoms with Crippen molar-refractivity contribution in [1.82, 2.24) is 5.01 Å². The maximum Gasteiger partial charge on any atom is 0.537 e. The van der Waals surface area contributed by atoms with Crippen LogP contribution in [0.2, 0.25) is 0 Å². The molecular weight excluding hydrogens is 168 g/mol. The fraction of sp³-hybridized carbons (Fsp3) is 0.889. The van der Waals surface area contributed by atoms with Gasteiger partial charge in [0.15, 0.2) is 13.1 Å². The first kappa shape index (κ1) is 8.97. The fourth-order valence-corrected chi connectivity index (χ4v) is 1.45. The molecule has 0 aromatic carbocycles. The van der Waals surface area contributed by atoms with E-state index in [9.17, 15) is 4.79 Å². The van der Waals surface area contributed by atoms with Crippen LogP contribution in [0.1, 0.15) is 20.8 Å². The molecule has 2 aliphatic heterocycles. The molecule has 13 heavy (non-hydrogen) atoms. The molecule has 0 aliphatic carbocycles. The Morgan fingerprint density at radius 3 is 2.15 bits per heavy atom. The van der Waals surface area contributed by atoms with Gasteiger partial charge in [-0.15, -0.1) is 9.60 Å². The van der Waals surface area contributed by atoms with E-state index in [2.05, 4.69) is 5.01 Å². The van der Waals surface area contributed by atoms with Gasteiger partial charge in [0, 0.05) is 0 Å². The van der Waals surface area contributed by atoms with Crippen molar-refractivity contribution in [1.29, 1.82) is 0 Å². The predicted octanol–water partition coefficient (Wildman–Crippen LogP) is 0.982. The molecule has 2 fully saturated rings. The zero-order chi connectivity index (χ0) is 9.69. The van der Waals surface area contributed by atoms with Crippen LogP contribution < -0.4 is 0 Å². The van der Waals surface area contributed by atoms with Gasteiger partial charge >= 0.3 is 6.09 Å². The van der Waals surface area contributed by atoms with E-state index >= 15 is 0 Å². The van der Waals surface area contributed by atoms with Crippen molar-refractivity contribution >= 4 is 6.09 Å². The zero-order valence-electron chi connectivity index (χ0n) is 8.54. The summed E-state index contributed by atoms with van der Waals surface area (Å²) >= 11 is 0. The molecule has 74 valence electrons. The second-order valence-electron chi connectivity index (χ2n) is 4.80. The minimum Gasteiger partial charge on any atom is -0.413 e. The number of hydrogen-bond acceptors (Lipinski definition) is 3. The average Bonchev–Trinajstić information content (AvgIpc) is 2.79. The molecule has 0 unspecified atom stereocenters. The standard InChI is InChI=1S/C9H17N2O2/c1-9(2,3)13-8(12)11(6-7-11)10-4-5-10/h4-7H2,1-3H3/q+1. The summed E-state index contributed by atoms with van der Waals surface area (Å²) in [5.41, 5.74) is -0.360. The Hall–Kier alpha value is -0.610. The second kappa shape index (κ2) is 2.45. The largest absolute Gasteiger partial charge is 0.537 e. The number of nitrogens with zero attached hydrogens (tertiary/aromatic N) is 2. The van der Waals surface area contributed by atoms with Gasteiger partial charge < -0.3 is 4.74 Å². The van der Waals surface area contributed by atoms with E-state index in [1.54, 1.807) is 0 Å². The lowest BCUT2D eigenvalue weighted by molar-refractivity contribution is -0.832. The molecule has 0 N–H and O–H groups in total. The molecule has 2 aliphatic rings. The topological polar surface area (TPSA) is 29.3 Å². The van der Waals surface area contributed by atoms with E-state index in [1.165, 1.54) is 0 Å². The van der Waals surface area contributed by atoms with Gasteiger partial charge in [-0.1, -0.05) is 0 Å². The van der Waals surface area contributed by atoms with E-state index in [1.807, 2.05) is 20.8 Å². The van der Waals surface area contributed by atoms with Crippen LogP contribution in [-0.2, 0) is 4.74 Å². The van der Waals surface area contributed by atoms with Crippen LogP contribution in [0.25, 0.3) is 0 Å². The van der Waals surface area contributed by atoms with Crippen LogP contribution in [-0.4, -0.2) is 47.5 Å². The lowest BCUT2D eigenvalue weighted by atomic mass is 10.2. The first-order valence-electron chi connectivity index (χ1n) is 4.80. The van der Waals surface area contributed by atoms with E-state index in [0.717, 1.165) is 26.2 Å². The van der Waals surface area contributed by atoms with Crippen LogP contribution in [0, 0.1) is 0 Å². The fourth-order valence-electron chi connectivity index (χ4n) is 1.45. The normalized spacial score (nSPS) is 25.5. The van der Waals surface area contributed by atoms with Crippen molar-refractivity contribution in [2.75, 3.05) is 26.2 Å². The quantitative estimate of drug-likeness (QED) is 0.450. The van der Waals surface area contributed by atoms with Crippen LogP contribution in [0.5, 0.6) is 0 Å². The average molecular weight is 185 g/mol. The molecule has 0 radical (unpaired) electrons. The molecule has 2 rings (SSSR count). The molecule has 0 spiro atoms. The van der Waals surface area contributed by atoms with Crippen LogP contribution >= 0.6 is 0 Å². The Bertz CT molecular complexity index is 236. The Labute approximate surface area is 78.6 Å². The van der Waals surface area contributed by atoms with Crippen LogP contribution in [0.3, 0.4) is 0 Å². The van der Waals surface area contributed by atoms with Gasteiger partial charge in [0.25, 0.3) is 0 Å². The van der Waals surface area contributed by atoms with Crippen molar-refractivity contribution in [3.05, 3.63) is 0 Å². The minimum absolute atomic E-state index is 0.0787. The van der Waals surface area contributed by atoms with Gasteiger partial charge in [0.05, 0.1) is 13.1 Å². The third-order valence-electron chi connectivity index (χ3n) is 2.35. The number of amides is 1. The van der Waals surface area contributed by atoms with E-state index in [-0.39, 0.29) is 11.7 Å². The van der Waals surface area contributed by atoms with Crippen molar-refractivity contribution in [2.45, 2.75) is 26.4 Å². The van der Waals surface area contributed by atoms with Gasteiger partial charge in [-0.3, -0.25) is 0 Å². The molecular formula is C9H17N2O2+. The van der Waals surface area contributed by atoms with Crippen molar-refractivity contribution < 1.29 is 14.1 Å². The van der Waals surface area contributed by atoms with Crippen molar-refractivity contribution in [2.24, 2.45) is 0 Å². The number of ether oxygens (including phenoxy) is 1. The number of hydrogen-bond donors (Lipinski definition) is 0. The summed E-state index contributed by atoms with van der Waals surface area (Å²) in [6.07, 6.45) is -0.0787. The zero-order valence-corrected chi connectivity index (χ0v) is 8.54. The number of rotatable bonds is 1. The van der Waals surface area contributed by atoms with Crippen LogP contribution in [0.4, 0.5) is 4.79 Å². The highest BCUT2D eigenvalue weighted by Gasteiger charge is 2.62. The molecule has 0 saturated carbocycles. The monoisotopic (exact) mass is 185 g/mol. The maximum atomic E-state index is 11.7. The van der Waals surface area contributed by atoms with E-state index < -0.39 is 0 Å². The third-order valence-corrected chi connectivity index (χ3v) is 2.35. The summed E-state index contributed by atoms with van der Waals surface area (Å²) in [6, 6.07) is 0. The highest BCUT2D eigenvalue weighted by Crippen LogP contribution is 2.33. The Morgan fingerprint density at radius 2 is 1.85 bits per heavy atom. The summed E-state index contributed by atoms with van der Waals surface area (Å²) in [5, 5.41) is 2.15. The predicted molar refractivity (Wildman–Crippen MR) is 47.8 cm³/mol. The Kier molecular flexibility index (Phi) is 1.69. The molecule has 4 heteroatoms. The first-order chi connectivity index (χ1) is 5.94. The highest BCUT2D eigenvalue weighted by molar-refractivity contribution is 5.61. The number of quaternary nitrogens is 1. The summed E-state index contributed by atoms with van der Waals surface area (Å²) in [4.78, 5) is 11.7. The molecule has 0 bridgehead atoms. The molecule has 0 aromatic heterocycles. The Balaban J connectivity index is 1.97. The van der Waals surface area contributed by atoms with Gasteiger partial charge in [0.1, 0.15) is 5.60 Å². The minimum atomic E-state index is -0.360. The molecule has 4 nitrogen and oxygen atoms in total. The number of carbonyl (C=O) groups excluding carboxylic acids is 1. The number of carbonyl (C=O) groups is 1. The smallest absolute Gasteiger partial charge is 0.413 e. The summed E-state index contributed by atoms with van der Waals surface area (Å²) in [6.45, 7) is 9.66. The first-order valence-corrected chi connectivity index (χ1v) is 4.80. The third kappa shape index (κ3) is 1.69. The SMILES string of the molecule is CC(C)(C)OC(=O)[N+]1(N2CC2)CC1. The summed E-state index contributed by atoms with van der Waals surface area (Å²) < 4.78 is 5.81. The lowest BCUT2D eigenvalue weighted by Gasteiger charge is -2.22. The van der Waals surface area contributed by atoms with Gasteiger partial charge in [-0.05, 0) is 20.8 Å². The summed E-state index contributed by atoms with van der Waals surface area (Å²) in [7, 11) is 0. The maximum absolute atomic E-state index is 11.7. The summed E-state index contributed by atoms with van der Waals surface area (Å²) in [5.74, 6) is 0. The van der Waals surface area contributed by atoms with E-state index in [0.29, 0.717) is 4.59 Å². The van der Waals surface area contributed by atoms with Gasteiger partial charge in [-0.2, -0.15) is 4.79 Å². The lowest BCUT2D eigenvalue weighted by Crippen LogP contribution is -2.42. The van der Waals surface area contributed by atoms with Crippen molar-refractivity contribution in [3.63, 3.8) is 0 Å².